The van der Waals surface area contributed by atoms with Crippen molar-refractivity contribution in [1.82, 2.24) is 20.8 Å². The van der Waals surface area contributed by atoms with Crippen molar-refractivity contribution in [2.45, 2.75) is 13.0 Å². The summed E-state index contributed by atoms with van der Waals surface area (Å²) in [6.07, 6.45) is 0.556. The molecule has 0 atom stereocenters. The molecule has 0 fully saturated rings. The molecule has 0 unspecified atom stereocenters. The van der Waals surface area contributed by atoms with Gasteiger partial charge in [0.1, 0.15) is 11.5 Å². The van der Waals surface area contributed by atoms with E-state index in [9.17, 15) is 0 Å². The Morgan fingerprint density at radius 1 is 1.13 bits per heavy atom. The maximum absolute atomic E-state index is 6.01. The molecule has 0 saturated heterocycles. The number of hydrogen-bond donors (Lipinski definition) is 2. The molecule has 10 heteroatoms. The zero-order chi connectivity index (χ0) is 21.3. The number of aromatic nitrogens is 2. The second-order valence-corrected chi connectivity index (χ2v) is 6.74. The van der Waals surface area contributed by atoms with Crippen molar-refractivity contribution in [3.05, 3.63) is 58.9 Å². The van der Waals surface area contributed by atoms with E-state index in [0.717, 1.165) is 22.6 Å². The molecule has 31 heavy (non-hydrogen) atoms. The fraction of sp³-hybridized carbons (Fsp3) is 0.286. The number of methoxy groups -OCH3 is 2. The van der Waals surface area contributed by atoms with Gasteiger partial charge in [-0.1, -0.05) is 28.9 Å². The lowest BCUT2D eigenvalue weighted by molar-refractivity contribution is 0.378. The van der Waals surface area contributed by atoms with Crippen molar-refractivity contribution < 1.29 is 14.0 Å². The van der Waals surface area contributed by atoms with Crippen molar-refractivity contribution in [1.29, 1.82) is 0 Å². The van der Waals surface area contributed by atoms with Crippen LogP contribution in [0.3, 0.4) is 0 Å². The van der Waals surface area contributed by atoms with E-state index in [4.69, 9.17) is 25.6 Å². The molecule has 0 aliphatic rings. The summed E-state index contributed by atoms with van der Waals surface area (Å²) in [5, 5.41) is 11.1. The van der Waals surface area contributed by atoms with E-state index in [1.165, 1.54) is 0 Å². The molecule has 0 saturated carbocycles. The molecule has 0 amide bonds. The minimum atomic E-state index is 0. The highest BCUT2D eigenvalue weighted by atomic mass is 127. The summed E-state index contributed by atoms with van der Waals surface area (Å²) in [4.78, 5) is 8.65. The summed E-state index contributed by atoms with van der Waals surface area (Å²) < 4.78 is 16.0. The van der Waals surface area contributed by atoms with Crippen molar-refractivity contribution >= 4 is 41.5 Å². The Kier molecular flexibility index (Phi) is 9.86. The Hall–Kier alpha value is -2.53. The van der Waals surface area contributed by atoms with Gasteiger partial charge >= 0.3 is 0 Å². The molecular formula is C21H25ClIN5O3. The van der Waals surface area contributed by atoms with Gasteiger partial charge in [0.2, 0.25) is 11.7 Å². The zero-order valence-electron chi connectivity index (χ0n) is 17.5. The van der Waals surface area contributed by atoms with Crippen LogP contribution < -0.4 is 20.1 Å². The van der Waals surface area contributed by atoms with Crippen molar-refractivity contribution in [3.63, 3.8) is 0 Å². The number of nitrogens with zero attached hydrogens (tertiary/aromatic N) is 3. The standard InChI is InChI=1S/C21H24ClN5O3.HI/c1-23-21(25-13-15-7-8-17(28-2)12-18(15)29-3)24-10-9-19-26-20(27-30-19)14-5-4-6-16(22)11-14;/h4-8,11-12H,9-10,13H2,1-3H3,(H2,23,24,25);1H. The van der Waals surface area contributed by atoms with Crippen LogP contribution in [0, 0.1) is 0 Å². The largest absolute Gasteiger partial charge is 0.497 e. The predicted molar refractivity (Wildman–Crippen MR) is 132 cm³/mol. The molecule has 2 aromatic carbocycles. The number of guanidine groups is 1. The highest BCUT2D eigenvalue weighted by Gasteiger charge is 2.10. The van der Waals surface area contributed by atoms with Gasteiger partial charge in [0.05, 0.1) is 14.2 Å². The second kappa shape index (κ2) is 12.4. The molecule has 0 bridgehead atoms. The molecule has 1 aromatic heterocycles. The number of ether oxygens (including phenoxy) is 2. The highest BCUT2D eigenvalue weighted by Crippen LogP contribution is 2.24. The molecular weight excluding hydrogens is 533 g/mol. The maximum atomic E-state index is 6.01. The van der Waals surface area contributed by atoms with Crippen LogP contribution in [0.25, 0.3) is 11.4 Å². The first-order valence-corrected chi connectivity index (χ1v) is 9.74. The molecule has 3 aromatic rings. The Labute approximate surface area is 203 Å². The van der Waals surface area contributed by atoms with Gasteiger partial charge in [-0.3, -0.25) is 4.99 Å². The third kappa shape index (κ3) is 7.00. The summed E-state index contributed by atoms with van der Waals surface area (Å²) in [5.41, 5.74) is 1.81. The molecule has 8 nitrogen and oxygen atoms in total. The van der Waals surface area contributed by atoms with Gasteiger partial charge in [-0.25, -0.2) is 0 Å². The fourth-order valence-corrected chi connectivity index (χ4v) is 2.98. The Balaban J connectivity index is 0.00000341. The van der Waals surface area contributed by atoms with Crippen LogP contribution in [0.5, 0.6) is 11.5 Å². The van der Waals surface area contributed by atoms with Gasteiger partial charge in [-0.15, -0.1) is 24.0 Å². The van der Waals surface area contributed by atoms with Gasteiger partial charge in [-0.2, -0.15) is 4.98 Å². The summed E-state index contributed by atoms with van der Waals surface area (Å²) in [5.74, 6) is 3.19. The van der Waals surface area contributed by atoms with Gasteiger partial charge in [-0.05, 0) is 24.3 Å². The monoisotopic (exact) mass is 557 g/mol. The molecule has 166 valence electrons. The maximum Gasteiger partial charge on any atom is 0.228 e. The van der Waals surface area contributed by atoms with Crippen LogP contribution in [0.15, 0.2) is 52.0 Å². The third-order valence-electron chi connectivity index (χ3n) is 4.35. The van der Waals surface area contributed by atoms with Crippen LogP contribution in [0.2, 0.25) is 5.02 Å². The van der Waals surface area contributed by atoms with Crippen molar-refractivity contribution in [3.8, 4) is 22.9 Å². The molecule has 3 rings (SSSR count). The minimum Gasteiger partial charge on any atom is -0.497 e. The highest BCUT2D eigenvalue weighted by molar-refractivity contribution is 14.0. The number of nitrogens with one attached hydrogen (secondary N) is 2. The predicted octanol–water partition coefficient (Wildman–Crippen LogP) is 3.93. The fourth-order valence-electron chi connectivity index (χ4n) is 2.79. The molecule has 0 spiro atoms. The van der Waals surface area contributed by atoms with Crippen molar-refractivity contribution in [2.24, 2.45) is 4.99 Å². The average molecular weight is 558 g/mol. The summed E-state index contributed by atoms with van der Waals surface area (Å²) in [7, 11) is 4.97. The number of halogens is 2. The molecule has 2 N–H and O–H groups in total. The normalized spacial score (nSPS) is 10.9. The number of aliphatic imine (C=N–C) groups is 1. The number of benzene rings is 2. The summed E-state index contributed by atoms with van der Waals surface area (Å²) in [6, 6.07) is 13.0. The van der Waals surface area contributed by atoms with Crippen LogP contribution in [0.1, 0.15) is 11.5 Å². The Bertz CT molecular complexity index is 1010. The zero-order valence-corrected chi connectivity index (χ0v) is 20.6. The number of rotatable bonds is 8. The van der Waals surface area contributed by atoms with Crippen LogP contribution >= 0.6 is 35.6 Å². The van der Waals surface area contributed by atoms with Crippen LogP contribution in [0.4, 0.5) is 0 Å². The van der Waals surface area contributed by atoms with E-state index in [0.29, 0.717) is 42.2 Å². The molecule has 0 aliphatic heterocycles. The van der Waals surface area contributed by atoms with E-state index in [2.05, 4.69) is 25.8 Å². The Morgan fingerprint density at radius 3 is 2.68 bits per heavy atom. The molecule has 1 heterocycles. The lowest BCUT2D eigenvalue weighted by atomic mass is 10.2. The van der Waals surface area contributed by atoms with Gasteiger partial charge < -0.3 is 24.6 Å². The van der Waals surface area contributed by atoms with E-state index in [-0.39, 0.29) is 24.0 Å². The quantitative estimate of drug-likeness (QED) is 0.246. The second-order valence-electron chi connectivity index (χ2n) is 6.30. The number of hydrogen-bond acceptors (Lipinski definition) is 6. The van der Waals surface area contributed by atoms with E-state index in [1.54, 1.807) is 33.4 Å². The van der Waals surface area contributed by atoms with Gasteiger partial charge in [0.25, 0.3) is 0 Å². The van der Waals surface area contributed by atoms with Gasteiger partial charge in [0, 0.05) is 48.8 Å². The first kappa shape index (κ1) is 24.7. The SMILES string of the molecule is CN=C(NCCc1nc(-c2cccc(Cl)c2)no1)NCc1ccc(OC)cc1OC.I. The third-order valence-corrected chi connectivity index (χ3v) is 4.58. The Morgan fingerprint density at radius 2 is 1.97 bits per heavy atom. The van der Waals surface area contributed by atoms with Crippen LogP contribution in [-0.2, 0) is 13.0 Å². The lowest BCUT2D eigenvalue weighted by Crippen LogP contribution is -2.37. The van der Waals surface area contributed by atoms with Gasteiger partial charge in [0.15, 0.2) is 5.96 Å². The summed E-state index contributed by atoms with van der Waals surface area (Å²) >= 11 is 6.01. The van der Waals surface area contributed by atoms with E-state index >= 15 is 0 Å². The topological polar surface area (TPSA) is 93.8 Å². The van der Waals surface area contributed by atoms with Crippen LogP contribution in [-0.4, -0.2) is 43.9 Å². The molecule has 0 aliphatic carbocycles. The first-order chi connectivity index (χ1) is 14.6. The first-order valence-electron chi connectivity index (χ1n) is 9.37. The summed E-state index contributed by atoms with van der Waals surface area (Å²) in [6.45, 7) is 1.13. The van der Waals surface area contributed by atoms with E-state index < -0.39 is 0 Å². The molecule has 0 radical (unpaired) electrons. The smallest absolute Gasteiger partial charge is 0.228 e. The minimum absolute atomic E-state index is 0. The average Bonchev–Trinajstić information content (AvgIpc) is 3.25. The van der Waals surface area contributed by atoms with E-state index in [1.807, 2.05) is 30.3 Å². The van der Waals surface area contributed by atoms with Crippen molar-refractivity contribution in [2.75, 3.05) is 27.8 Å². The lowest BCUT2D eigenvalue weighted by Gasteiger charge is -2.14.